The largest absolute Gasteiger partial charge is 0.480 e. The van der Waals surface area contributed by atoms with Crippen LogP contribution in [0.15, 0.2) is 91.0 Å². The van der Waals surface area contributed by atoms with Crippen molar-refractivity contribution in [1.82, 2.24) is 14.7 Å². The summed E-state index contributed by atoms with van der Waals surface area (Å²) in [5, 5.41) is 10.3. The topological polar surface area (TPSA) is 84.4 Å². The Balaban J connectivity index is 0.00000370. The standard InChI is InChI=1S/C31H34N4O4.H2S/c1-32-19-17-31(18-20-32,24-11-5-2-6-12-24)29(38)34-22-21-33(23-27(34)28(36)37)30(39)35(25-13-7-3-8-14-25)26-15-9-4-10-16-26;/h2-16,27H,17-23H2,1H3,(H,36,37);1H2/t27-;/m0./s1. The fourth-order valence-electron chi connectivity index (χ4n) is 5.73. The summed E-state index contributed by atoms with van der Waals surface area (Å²) >= 11 is 0. The average Bonchev–Trinajstić information content (AvgIpc) is 2.98. The lowest BCUT2D eigenvalue weighted by molar-refractivity contribution is -0.156. The van der Waals surface area contributed by atoms with E-state index in [0.717, 1.165) is 18.7 Å². The highest BCUT2D eigenvalue weighted by atomic mass is 32.1. The van der Waals surface area contributed by atoms with E-state index in [9.17, 15) is 19.5 Å². The average molecular weight is 561 g/mol. The van der Waals surface area contributed by atoms with Crippen LogP contribution < -0.4 is 4.90 Å². The molecule has 1 atom stereocenters. The Labute approximate surface area is 242 Å². The molecule has 3 aromatic rings. The van der Waals surface area contributed by atoms with E-state index >= 15 is 0 Å². The number of carboxylic acid groups (broad SMARTS) is 1. The molecule has 2 heterocycles. The fraction of sp³-hybridized carbons (Fsp3) is 0.323. The van der Waals surface area contributed by atoms with Crippen LogP contribution in [-0.4, -0.2) is 83.5 Å². The third kappa shape index (κ3) is 5.71. The maximum Gasteiger partial charge on any atom is 0.329 e. The van der Waals surface area contributed by atoms with Gasteiger partial charge in [0.2, 0.25) is 5.91 Å². The van der Waals surface area contributed by atoms with Gasteiger partial charge in [-0.3, -0.25) is 9.69 Å². The zero-order valence-electron chi connectivity index (χ0n) is 22.6. The number of likely N-dealkylation sites (tertiary alicyclic amines) is 1. The summed E-state index contributed by atoms with van der Waals surface area (Å²) in [5.41, 5.74) is 1.51. The number of carbonyl (C=O) groups excluding carboxylic acids is 2. The third-order valence-corrected chi connectivity index (χ3v) is 7.99. The fourth-order valence-corrected chi connectivity index (χ4v) is 5.73. The first-order valence-corrected chi connectivity index (χ1v) is 13.4. The van der Waals surface area contributed by atoms with E-state index in [1.807, 2.05) is 98.0 Å². The van der Waals surface area contributed by atoms with Gasteiger partial charge < -0.3 is 19.8 Å². The van der Waals surface area contributed by atoms with Gasteiger partial charge in [-0.1, -0.05) is 66.7 Å². The molecule has 0 unspecified atom stereocenters. The SMILES string of the molecule is CN1CCC(C(=O)N2CCN(C(=O)N(c3ccccc3)c3ccccc3)C[C@H]2C(=O)O)(c2ccccc2)CC1.S. The molecule has 5 rings (SSSR count). The predicted molar refractivity (Wildman–Crippen MR) is 160 cm³/mol. The van der Waals surface area contributed by atoms with Gasteiger partial charge in [-0.05, 0) is 62.8 Å². The number of para-hydroxylation sites is 2. The van der Waals surface area contributed by atoms with Crippen molar-refractivity contribution < 1.29 is 19.5 Å². The number of urea groups is 1. The molecule has 9 heteroatoms. The molecule has 3 amide bonds. The number of piperidine rings is 1. The molecule has 2 aliphatic rings. The van der Waals surface area contributed by atoms with Crippen LogP contribution in [0.2, 0.25) is 0 Å². The molecule has 2 fully saturated rings. The number of anilines is 2. The molecule has 1 N–H and O–H groups in total. The molecule has 8 nitrogen and oxygen atoms in total. The van der Waals surface area contributed by atoms with Crippen molar-refractivity contribution in [3.63, 3.8) is 0 Å². The molecule has 0 saturated carbocycles. The van der Waals surface area contributed by atoms with Crippen molar-refractivity contribution >= 4 is 42.8 Å². The summed E-state index contributed by atoms with van der Waals surface area (Å²) in [6.45, 7) is 1.82. The van der Waals surface area contributed by atoms with Crippen molar-refractivity contribution in [3.05, 3.63) is 96.6 Å². The zero-order chi connectivity index (χ0) is 27.4. The zero-order valence-corrected chi connectivity index (χ0v) is 23.6. The number of hydrogen-bond acceptors (Lipinski definition) is 4. The number of rotatable bonds is 5. The van der Waals surface area contributed by atoms with Crippen LogP contribution in [0.3, 0.4) is 0 Å². The van der Waals surface area contributed by atoms with Crippen LogP contribution in [0.1, 0.15) is 18.4 Å². The summed E-state index contributed by atoms with van der Waals surface area (Å²) in [6, 6.07) is 26.9. The Morgan fingerprint density at radius 3 is 1.77 bits per heavy atom. The molecule has 0 aromatic heterocycles. The minimum absolute atomic E-state index is 0. The van der Waals surface area contributed by atoms with Crippen molar-refractivity contribution in [1.29, 1.82) is 0 Å². The van der Waals surface area contributed by atoms with Crippen molar-refractivity contribution in [2.24, 2.45) is 0 Å². The van der Waals surface area contributed by atoms with E-state index in [1.165, 1.54) is 4.90 Å². The Hall–Kier alpha value is -3.82. The number of amides is 3. The summed E-state index contributed by atoms with van der Waals surface area (Å²) < 4.78 is 0. The lowest BCUT2D eigenvalue weighted by Crippen LogP contribution is -2.64. The molecule has 3 aromatic carbocycles. The number of aliphatic carboxylic acids is 1. The summed E-state index contributed by atoms with van der Waals surface area (Å²) in [5.74, 6) is -1.27. The Morgan fingerprint density at radius 1 is 0.775 bits per heavy atom. The highest BCUT2D eigenvalue weighted by Gasteiger charge is 2.49. The lowest BCUT2D eigenvalue weighted by Gasteiger charge is -2.47. The van der Waals surface area contributed by atoms with Gasteiger partial charge in [-0.2, -0.15) is 13.5 Å². The number of carboxylic acids is 1. The second-order valence-electron chi connectivity index (χ2n) is 10.3. The minimum Gasteiger partial charge on any atom is -0.480 e. The van der Waals surface area contributed by atoms with Crippen LogP contribution in [0, 0.1) is 0 Å². The molecular weight excluding hydrogens is 524 g/mol. The van der Waals surface area contributed by atoms with Crippen LogP contribution in [0.25, 0.3) is 0 Å². The van der Waals surface area contributed by atoms with Crippen LogP contribution >= 0.6 is 13.5 Å². The molecule has 2 aliphatic heterocycles. The minimum atomic E-state index is -1.14. The quantitative estimate of drug-likeness (QED) is 0.503. The Bertz CT molecular complexity index is 1260. The molecule has 0 spiro atoms. The third-order valence-electron chi connectivity index (χ3n) is 7.99. The molecule has 0 radical (unpaired) electrons. The highest BCUT2D eigenvalue weighted by molar-refractivity contribution is 7.59. The molecule has 40 heavy (non-hydrogen) atoms. The molecule has 210 valence electrons. The summed E-state index contributed by atoms with van der Waals surface area (Å²) in [7, 11) is 2.04. The smallest absolute Gasteiger partial charge is 0.329 e. The molecule has 0 aliphatic carbocycles. The van der Waals surface area contributed by atoms with E-state index in [0.29, 0.717) is 24.2 Å². The van der Waals surface area contributed by atoms with Crippen molar-refractivity contribution in [2.75, 3.05) is 44.7 Å². The van der Waals surface area contributed by atoms with Crippen LogP contribution in [-0.2, 0) is 15.0 Å². The second-order valence-corrected chi connectivity index (χ2v) is 10.3. The molecular formula is C31H36N4O4S. The van der Waals surface area contributed by atoms with Gasteiger partial charge in [0.05, 0.1) is 23.3 Å². The second kappa shape index (κ2) is 12.6. The van der Waals surface area contributed by atoms with E-state index in [1.54, 1.807) is 9.80 Å². The maximum atomic E-state index is 14.3. The van der Waals surface area contributed by atoms with Gasteiger partial charge in [-0.15, -0.1) is 0 Å². The van der Waals surface area contributed by atoms with Crippen LogP contribution in [0.5, 0.6) is 0 Å². The first kappa shape index (κ1) is 29.2. The Morgan fingerprint density at radius 2 is 1.27 bits per heavy atom. The molecule has 2 saturated heterocycles. The summed E-state index contributed by atoms with van der Waals surface area (Å²) in [4.78, 5) is 47.6. The lowest BCUT2D eigenvalue weighted by atomic mass is 9.71. The van der Waals surface area contributed by atoms with Gasteiger partial charge >= 0.3 is 12.0 Å². The maximum absolute atomic E-state index is 14.3. The first-order valence-electron chi connectivity index (χ1n) is 13.4. The number of piperazine rings is 1. The molecule has 0 bridgehead atoms. The Kier molecular flexibility index (Phi) is 9.17. The predicted octanol–water partition coefficient (Wildman–Crippen LogP) is 4.32. The van der Waals surface area contributed by atoms with Gasteiger partial charge in [0.15, 0.2) is 0 Å². The van der Waals surface area contributed by atoms with Gasteiger partial charge in [-0.25, -0.2) is 9.59 Å². The van der Waals surface area contributed by atoms with Gasteiger partial charge in [0.25, 0.3) is 0 Å². The van der Waals surface area contributed by atoms with E-state index in [2.05, 4.69) is 4.90 Å². The van der Waals surface area contributed by atoms with Gasteiger partial charge in [0.1, 0.15) is 6.04 Å². The number of carbonyl (C=O) groups is 3. The number of benzene rings is 3. The van der Waals surface area contributed by atoms with E-state index < -0.39 is 17.4 Å². The highest BCUT2D eigenvalue weighted by Crippen LogP contribution is 2.38. The number of nitrogens with zero attached hydrogens (tertiary/aromatic N) is 4. The van der Waals surface area contributed by atoms with Crippen LogP contribution in [0.4, 0.5) is 16.2 Å². The van der Waals surface area contributed by atoms with Crippen molar-refractivity contribution in [2.45, 2.75) is 24.3 Å². The monoisotopic (exact) mass is 560 g/mol. The van der Waals surface area contributed by atoms with Gasteiger partial charge in [0, 0.05) is 13.1 Å². The van der Waals surface area contributed by atoms with E-state index in [-0.39, 0.29) is 45.1 Å². The normalized spacial score (nSPS) is 18.9. The summed E-state index contributed by atoms with van der Waals surface area (Å²) in [6.07, 6.45) is 1.24. The van der Waals surface area contributed by atoms with E-state index in [4.69, 9.17) is 0 Å². The number of hydrogen-bond donors (Lipinski definition) is 1. The van der Waals surface area contributed by atoms with Crippen molar-refractivity contribution in [3.8, 4) is 0 Å². The first-order chi connectivity index (χ1) is 18.9.